The fraction of sp³-hybridized carbons (Fsp3) is 0.333. The molecule has 2 nitrogen and oxygen atoms in total. The van der Waals surface area contributed by atoms with Gasteiger partial charge in [0, 0.05) is 11.1 Å². The van der Waals surface area contributed by atoms with Crippen LogP contribution in [0.5, 0.6) is 5.75 Å². The lowest BCUT2D eigenvalue weighted by molar-refractivity contribution is 0.416. The third kappa shape index (κ3) is 2.51. The Balaban J connectivity index is 3.09. The van der Waals surface area contributed by atoms with E-state index in [1.165, 1.54) is 0 Å². The zero-order chi connectivity index (χ0) is 9.84. The third-order valence-electron chi connectivity index (χ3n) is 1.74. The lowest BCUT2D eigenvalue weighted by Gasteiger charge is -2.10. The quantitative estimate of drug-likeness (QED) is 0.667. The molecular weight excluding hydrogens is 253 g/mol. The molecule has 0 spiro atoms. The molecule has 0 heterocycles. The molecule has 4 heteroatoms. The van der Waals surface area contributed by atoms with Crippen LogP contribution in [0.15, 0.2) is 12.1 Å². The molecule has 1 rings (SSSR count). The molecule has 0 atom stereocenters. The maximum absolute atomic E-state index is 5.95. The zero-order valence-electron chi connectivity index (χ0n) is 7.53. The van der Waals surface area contributed by atoms with Crippen molar-refractivity contribution < 1.29 is 4.74 Å². The fourth-order valence-corrected chi connectivity index (χ4v) is 1.50. The van der Waals surface area contributed by atoms with Gasteiger partial charge in [0.25, 0.3) is 0 Å². The summed E-state index contributed by atoms with van der Waals surface area (Å²) in [5.41, 5.74) is 2.66. The first-order valence-corrected chi connectivity index (χ1v) is 5.33. The first-order valence-electron chi connectivity index (χ1n) is 3.83. The van der Waals surface area contributed by atoms with E-state index in [4.69, 9.17) is 16.3 Å². The smallest absolute Gasteiger partial charge is 0.143 e. The summed E-state index contributed by atoms with van der Waals surface area (Å²) in [5.74, 6) is 0.759. The fourth-order valence-electron chi connectivity index (χ4n) is 1.04. The molecule has 1 N–H and O–H groups in total. The topological polar surface area (TPSA) is 21.3 Å². The van der Waals surface area contributed by atoms with Gasteiger partial charge in [-0.15, -0.1) is 0 Å². The number of nitrogens with one attached hydrogen (secondary N) is 1. The highest BCUT2D eigenvalue weighted by Gasteiger charge is 2.05. The Morgan fingerprint density at radius 1 is 1.54 bits per heavy atom. The molecule has 0 amide bonds. The van der Waals surface area contributed by atoms with Gasteiger partial charge in [0.2, 0.25) is 0 Å². The normalized spacial score (nSPS) is 9.85. The second kappa shape index (κ2) is 4.72. The summed E-state index contributed by atoms with van der Waals surface area (Å²) < 4.78 is 5.17. The molecule has 0 unspecified atom stereocenters. The Labute approximate surface area is 91.4 Å². The van der Waals surface area contributed by atoms with Crippen LogP contribution in [0.25, 0.3) is 0 Å². The predicted molar refractivity (Wildman–Crippen MR) is 60.2 cm³/mol. The summed E-state index contributed by atoms with van der Waals surface area (Å²) in [6, 6.07) is 3.77. The summed E-state index contributed by atoms with van der Waals surface area (Å²) in [6.45, 7) is 1.96. The summed E-state index contributed by atoms with van der Waals surface area (Å²) >= 11 is 9.24. The lowest BCUT2D eigenvalue weighted by atomic mass is 10.2. The summed E-state index contributed by atoms with van der Waals surface area (Å²) in [7, 11) is 1.63. The Hall–Kier alpha value is -0.410. The van der Waals surface area contributed by atoms with E-state index in [1.54, 1.807) is 7.11 Å². The van der Waals surface area contributed by atoms with Crippen molar-refractivity contribution in [3.8, 4) is 5.75 Å². The van der Waals surface area contributed by atoms with Crippen LogP contribution in [0.2, 0.25) is 5.02 Å². The van der Waals surface area contributed by atoms with Crippen molar-refractivity contribution in [1.29, 1.82) is 0 Å². The van der Waals surface area contributed by atoms with Gasteiger partial charge in [-0.3, -0.25) is 0 Å². The summed E-state index contributed by atoms with van der Waals surface area (Å²) in [5, 5.41) is 3.85. The van der Waals surface area contributed by atoms with Crippen molar-refractivity contribution in [2.45, 2.75) is 6.92 Å². The average molecular weight is 265 g/mol. The summed E-state index contributed by atoms with van der Waals surface area (Å²) in [4.78, 5) is 0. The van der Waals surface area contributed by atoms with Crippen LogP contribution in [0.4, 0.5) is 5.69 Å². The first kappa shape index (κ1) is 10.7. The number of aryl methyl sites for hydroxylation is 1. The van der Waals surface area contributed by atoms with Crippen LogP contribution in [0, 0.1) is 6.92 Å². The van der Waals surface area contributed by atoms with E-state index in [0.717, 1.165) is 22.0 Å². The molecule has 0 aliphatic heterocycles. The molecule has 1 aromatic carbocycles. The number of anilines is 1. The molecule has 0 saturated carbocycles. The molecular formula is C9H11BrClNO. The van der Waals surface area contributed by atoms with E-state index in [-0.39, 0.29) is 0 Å². The van der Waals surface area contributed by atoms with E-state index < -0.39 is 0 Å². The molecule has 1 aromatic rings. The van der Waals surface area contributed by atoms with Crippen molar-refractivity contribution in [3.05, 3.63) is 22.7 Å². The van der Waals surface area contributed by atoms with Gasteiger partial charge >= 0.3 is 0 Å². The Bertz CT molecular complexity index is 304. The minimum absolute atomic E-state index is 0.685. The second-order valence-electron chi connectivity index (χ2n) is 2.61. The third-order valence-corrected chi connectivity index (χ3v) is 2.43. The zero-order valence-corrected chi connectivity index (χ0v) is 9.87. The number of hydrogen-bond donors (Lipinski definition) is 1. The molecule has 0 aromatic heterocycles. The van der Waals surface area contributed by atoms with Gasteiger partial charge < -0.3 is 10.1 Å². The van der Waals surface area contributed by atoms with Crippen molar-refractivity contribution >= 4 is 33.2 Å². The van der Waals surface area contributed by atoms with E-state index in [1.807, 2.05) is 19.1 Å². The Kier molecular flexibility index (Phi) is 3.88. The van der Waals surface area contributed by atoms with Crippen LogP contribution in [0.1, 0.15) is 5.56 Å². The van der Waals surface area contributed by atoms with Crippen LogP contribution in [-0.4, -0.2) is 12.6 Å². The number of rotatable bonds is 3. The molecule has 13 heavy (non-hydrogen) atoms. The van der Waals surface area contributed by atoms with Crippen molar-refractivity contribution in [1.82, 2.24) is 0 Å². The first-order chi connectivity index (χ1) is 6.19. The lowest BCUT2D eigenvalue weighted by Crippen LogP contribution is -1.98. The molecule has 0 aliphatic rings. The highest BCUT2D eigenvalue weighted by atomic mass is 79.9. The van der Waals surface area contributed by atoms with Gasteiger partial charge in [-0.05, 0) is 18.6 Å². The van der Waals surface area contributed by atoms with Crippen LogP contribution in [0.3, 0.4) is 0 Å². The average Bonchev–Trinajstić information content (AvgIpc) is 2.11. The maximum Gasteiger partial charge on any atom is 0.143 e. The van der Waals surface area contributed by atoms with Crippen molar-refractivity contribution in [3.63, 3.8) is 0 Å². The van der Waals surface area contributed by atoms with E-state index in [0.29, 0.717) is 5.45 Å². The van der Waals surface area contributed by atoms with Gasteiger partial charge in [-0.1, -0.05) is 27.5 Å². The van der Waals surface area contributed by atoms with Crippen molar-refractivity contribution in [2.75, 3.05) is 17.9 Å². The van der Waals surface area contributed by atoms with Gasteiger partial charge in [-0.25, -0.2) is 0 Å². The van der Waals surface area contributed by atoms with Crippen LogP contribution in [-0.2, 0) is 0 Å². The minimum atomic E-state index is 0.685. The van der Waals surface area contributed by atoms with Gasteiger partial charge in [0.15, 0.2) is 0 Å². The second-order valence-corrected chi connectivity index (χ2v) is 3.58. The molecule has 0 bridgehead atoms. The Morgan fingerprint density at radius 2 is 2.23 bits per heavy atom. The van der Waals surface area contributed by atoms with Gasteiger partial charge in [0.1, 0.15) is 5.75 Å². The predicted octanol–water partition coefficient (Wildman–Crippen LogP) is 3.42. The highest BCUT2D eigenvalue weighted by Crippen LogP contribution is 2.30. The summed E-state index contributed by atoms with van der Waals surface area (Å²) in [6.07, 6.45) is 0. The largest absolute Gasteiger partial charge is 0.495 e. The minimum Gasteiger partial charge on any atom is -0.495 e. The van der Waals surface area contributed by atoms with Crippen LogP contribution >= 0.6 is 27.5 Å². The number of benzene rings is 1. The SMILES string of the molecule is COc1cc(Cl)c(C)cc1NCBr. The standard InChI is InChI=1S/C9H11BrClNO/c1-6-3-8(12-5-10)9(13-2)4-7(6)11/h3-4,12H,5H2,1-2H3. The van der Waals surface area contributed by atoms with Crippen molar-refractivity contribution in [2.24, 2.45) is 0 Å². The Morgan fingerprint density at radius 3 is 2.77 bits per heavy atom. The molecule has 0 aliphatic carbocycles. The molecule has 0 radical (unpaired) electrons. The van der Waals surface area contributed by atoms with Crippen LogP contribution < -0.4 is 10.1 Å². The number of alkyl halides is 1. The molecule has 72 valence electrons. The molecule has 0 saturated heterocycles. The van der Waals surface area contributed by atoms with Gasteiger partial charge in [0.05, 0.1) is 18.3 Å². The highest BCUT2D eigenvalue weighted by molar-refractivity contribution is 9.09. The number of halogens is 2. The van der Waals surface area contributed by atoms with E-state index in [2.05, 4.69) is 21.2 Å². The van der Waals surface area contributed by atoms with E-state index in [9.17, 15) is 0 Å². The monoisotopic (exact) mass is 263 g/mol. The number of methoxy groups -OCH3 is 1. The van der Waals surface area contributed by atoms with E-state index >= 15 is 0 Å². The maximum atomic E-state index is 5.95. The number of hydrogen-bond acceptors (Lipinski definition) is 2. The molecule has 0 fully saturated rings. The number of ether oxygens (including phenoxy) is 1. The van der Waals surface area contributed by atoms with Gasteiger partial charge in [-0.2, -0.15) is 0 Å².